The first kappa shape index (κ1) is 17.7. The van der Waals surface area contributed by atoms with Crippen LogP contribution in [0.5, 0.6) is 0 Å². The molecule has 7 heteroatoms. The van der Waals surface area contributed by atoms with Gasteiger partial charge in [-0.25, -0.2) is 18.4 Å². The van der Waals surface area contributed by atoms with Crippen molar-refractivity contribution in [1.29, 1.82) is 0 Å². The molecule has 0 saturated heterocycles. The second-order valence-electron chi connectivity index (χ2n) is 7.16. The lowest BCUT2D eigenvalue weighted by atomic mass is 9.88. The third-order valence-electron chi connectivity index (χ3n) is 3.84. The molecule has 0 saturated carbocycles. The Morgan fingerprint density at radius 1 is 1.26 bits per heavy atom. The van der Waals surface area contributed by atoms with E-state index in [1.807, 2.05) is 0 Å². The van der Waals surface area contributed by atoms with Crippen molar-refractivity contribution in [2.45, 2.75) is 50.7 Å². The number of benzene rings is 1. The number of rotatable bonds is 7. The van der Waals surface area contributed by atoms with E-state index >= 15 is 0 Å². The first-order valence-electron chi connectivity index (χ1n) is 7.70. The standard InChI is InChI=1S/C16H23F2N3OSi/c1-23(2,3)8-4-7-16(22,10-21-12-19-11-20-21)14-6-5-13(17)9-15(14)18/h5-6,9,11-12,22H,4,7-8,10H2,1-3H3. The molecule has 0 radical (unpaired) electrons. The van der Waals surface area contributed by atoms with Crippen molar-refractivity contribution in [1.82, 2.24) is 14.8 Å². The SMILES string of the molecule is C[Si](C)(C)CCCC(O)(Cn1cncn1)c1ccc(F)cc1F. The third kappa shape index (κ3) is 4.94. The Kier molecular flexibility index (Phi) is 5.31. The van der Waals surface area contributed by atoms with Crippen molar-refractivity contribution in [2.75, 3.05) is 0 Å². The van der Waals surface area contributed by atoms with Crippen LogP contribution in [0.1, 0.15) is 18.4 Å². The Morgan fingerprint density at radius 3 is 2.57 bits per heavy atom. The molecule has 2 rings (SSSR count). The average Bonchev–Trinajstić information content (AvgIpc) is 2.89. The van der Waals surface area contributed by atoms with Crippen molar-refractivity contribution >= 4 is 8.07 Å². The zero-order valence-corrected chi connectivity index (χ0v) is 14.8. The van der Waals surface area contributed by atoms with Crippen LogP contribution in [0, 0.1) is 11.6 Å². The molecule has 0 bridgehead atoms. The van der Waals surface area contributed by atoms with Gasteiger partial charge in [0.2, 0.25) is 0 Å². The van der Waals surface area contributed by atoms with E-state index in [0.29, 0.717) is 6.42 Å². The molecule has 0 aliphatic rings. The van der Waals surface area contributed by atoms with Crippen molar-refractivity contribution in [3.63, 3.8) is 0 Å². The summed E-state index contributed by atoms with van der Waals surface area (Å²) in [4.78, 5) is 3.85. The number of aliphatic hydroxyl groups is 1. The van der Waals surface area contributed by atoms with Gasteiger partial charge in [-0.1, -0.05) is 38.2 Å². The van der Waals surface area contributed by atoms with Crippen LogP contribution in [0.3, 0.4) is 0 Å². The molecular weight excluding hydrogens is 316 g/mol. The van der Waals surface area contributed by atoms with Gasteiger partial charge in [0.05, 0.1) is 6.54 Å². The molecule has 0 spiro atoms. The molecule has 0 fully saturated rings. The summed E-state index contributed by atoms with van der Waals surface area (Å²) >= 11 is 0. The maximum Gasteiger partial charge on any atom is 0.137 e. The largest absolute Gasteiger partial charge is 0.383 e. The Hall–Kier alpha value is -1.60. The number of hydrogen-bond acceptors (Lipinski definition) is 3. The highest BCUT2D eigenvalue weighted by molar-refractivity contribution is 6.76. The number of aromatic nitrogens is 3. The number of nitrogens with zero attached hydrogens (tertiary/aromatic N) is 3. The Balaban J connectivity index is 2.26. The molecule has 1 atom stereocenters. The average molecular weight is 339 g/mol. The van der Waals surface area contributed by atoms with E-state index in [-0.39, 0.29) is 12.1 Å². The minimum atomic E-state index is -1.44. The van der Waals surface area contributed by atoms with E-state index in [9.17, 15) is 13.9 Å². The van der Waals surface area contributed by atoms with Crippen LogP contribution in [-0.2, 0) is 12.1 Å². The van der Waals surface area contributed by atoms with Gasteiger partial charge >= 0.3 is 0 Å². The zero-order chi connectivity index (χ0) is 17.1. The smallest absolute Gasteiger partial charge is 0.137 e. The molecule has 4 nitrogen and oxygen atoms in total. The fourth-order valence-electron chi connectivity index (χ4n) is 2.66. The lowest BCUT2D eigenvalue weighted by Gasteiger charge is -2.30. The normalized spacial score (nSPS) is 14.7. The highest BCUT2D eigenvalue weighted by Crippen LogP contribution is 2.32. The van der Waals surface area contributed by atoms with Gasteiger partial charge in [-0.3, -0.25) is 0 Å². The quantitative estimate of drug-likeness (QED) is 0.785. The van der Waals surface area contributed by atoms with Gasteiger partial charge in [-0.2, -0.15) is 5.10 Å². The van der Waals surface area contributed by atoms with Crippen molar-refractivity contribution < 1.29 is 13.9 Å². The first-order chi connectivity index (χ1) is 10.7. The fourth-order valence-corrected chi connectivity index (χ4v) is 3.90. The summed E-state index contributed by atoms with van der Waals surface area (Å²) in [6.07, 6.45) is 4.01. The molecule has 2 aromatic rings. The summed E-state index contributed by atoms with van der Waals surface area (Å²) in [6, 6.07) is 4.31. The highest BCUT2D eigenvalue weighted by atomic mass is 28.3. The number of hydrogen-bond donors (Lipinski definition) is 1. The molecule has 0 amide bonds. The van der Waals surface area contributed by atoms with Gasteiger partial charge < -0.3 is 5.11 Å². The van der Waals surface area contributed by atoms with Gasteiger partial charge in [-0.15, -0.1) is 0 Å². The van der Waals surface area contributed by atoms with Crippen LogP contribution < -0.4 is 0 Å². The zero-order valence-electron chi connectivity index (χ0n) is 13.8. The van der Waals surface area contributed by atoms with E-state index in [2.05, 4.69) is 29.7 Å². The first-order valence-corrected chi connectivity index (χ1v) is 11.4. The molecule has 1 aromatic heterocycles. The highest BCUT2D eigenvalue weighted by Gasteiger charge is 2.33. The van der Waals surface area contributed by atoms with E-state index in [0.717, 1.165) is 18.5 Å². The van der Waals surface area contributed by atoms with E-state index < -0.39 is 25.3 Å². The predicted octanol–water partition coefficient (Wildman–Crippen LogP) is 3.56. The van der Waals surface area contributed by atoms with Crippen LogP contribution >= 0.6 is 0 Å². The minimum Gasteiger partial charge on any atom is -0.383 e. The Labute approximate surface area is 136 Å². The number of halogens is 2. The summed E-state index contributed by atoms with van der Waals surface area (Å²) in [5.41, 5.74) is -1.34. The van der Waals surface area contributed by atoms with E-state index in [1.54, 1.807) is 0 Å². The second kappa shape index (κ2) is 6.88. The second-order valence-corrected chi connectivity index (χ2v) is 12.8. The van der Waals surface area contributed by atoms with E-state index in [1.165, 1.54) is 29.5 Å². The van der Waals surface area contributed by atoms with Gasteiger partial charge in [0, 0.05) is 19.7 Å². The third-order valence-corrected chi connectivity index (χ3v) is 5.69. The van der Waals surface area contributed by atoms with Gasteiger partial charge in [0.15, 0.2) is 0 Å². The molecule has 0 aliphatic heterocycles. The van der Waals surface area contributed by atoms with Crippen molar-refractivity contribution in [3.8, 4) is 0 Å². The van der Waals surface area contributed by atoms with Crippen LogP contribution in [0.15, 0.2) is 30.9 Å². The van der Waals surface area contributed by atoms with Gasteiger partial charge in [0.1, 0.15) is 29.9 Å². The van der Waals surface area contributed by atoms with Crippen LogP contribution in [0.25, 0.3) is 0 Å². The Morgan fingerprint density at radius 2 is 2.00 bits per heavy atom. The monoisotopic (exact) mass is 339 g/mol. The molecule has 1 heterocycles. The van der Waals surface area contributed by atoms with Crippen LogP contribution in [0.4, 0.5) is 8.78 Å². The molecule has 1 unspecified atom stereocenters. The molecule has 1 aromatic carbocycles. The van der Waals surface area contributed by atoms with Gasteiger partial charge in [0.25, 0.3) is 0 Å². The summed E-state index contributed by atoms with van der Waals surface area (Å²) in [5.74, 6) is -1.39. The lowest BCUT2D eigenvalue weighted by Crippen LogP contribution is -2.33. The maximum absolute atomic E-state index is 14.2. The topological polar surface area (TPSA) is 50.9 Å². The van der Waals surface area contributed by atoms with Crippen LogP contribution in [0.2, 0.25) is 25.7 Å². The van der Waals surface area contributed by atoms with Crippen molar-refractivity contribution in [3.05, 3.63) is 48.1 Å². The summed E-state index contributed by atoms with van der Waals surface area (Å²) < 4.78 is 28.8. The minimum absolute atomic E-state index is 0.0846. The molecule has 23 heavy (non-hydrogen) atoms. The van der Waals surface area contributed by atoms with Crippen LogP contribution in [-0.4, -0.2) is 27.9 Å². The molecule has 126 valence electrons. The predicted molar refractivity (Wildman–Crippen MR) is 87.7 cm³/mol. The summed E-state index contributed by atoms with van der Waals surface area (Å²) in [6.45, 7) is 6.84. The summed E-state index contributed by atoms with van der Waals surface area (Å²) in [7, 11) is -1.26. The van der Waals surface area contributed by atoms with Gasteiger partial charge in [-0.05, 0) is 12.5 Å². The van der Waals surface area contributed by atoms with Crippen molar-refractivity contribution in [2.24, 2.45) is 0 Å². The fraction of sp³-hybridized carbons (Fsp3) is 0.500. The molecule has 0 aliphatic carbocycles. The Bertz CT molecular complexity index is 643. The maximum atomic E-state index is 14.2. The lowest BCUT2D eigenvalue weighted by molar-refractivity contribution is 0.00218. The summed E-state index contributed by atoms with van der Waals surface area (Å²) in [5, 5.41) is 15.1. The van der Waals surface area contributed by atoms with E-state index in [4.69, 9.17) is 0 Å². The molecule has 1 N–H and O–H groups in total. The molecular formula is C16H23F2N3OSi.